The number of esters is 1. The molecule has 0 aliphatic heterocycles. The molecule has 0 fully saturated rings. The van der Waals surface area contributed by atoms with E-state index >= 15 is 0 Å². The number of nitrogens with one attached hydrogen (secondary N) is 1. The van der Waals surface area contributed by atoms with Crippen molar-refractivity contribution >= 4 is 16.0 Å². The molecule has 0 unspecified atom stereocenters. The zero-order chi connectivity index (χ0) is 11.0. The Hall–Kier alpha value is -1.13. The molecular formula is C7H12N2O4S. The van der Waals surface area contributed by atoms with Gasteiger partial charge in [-0.25, -0.2) is 13.1 Å². The van der Waals surface area contributed by atoms with Gasteiger partial charge in [-0.15, -0.1) is 0 Å². The van der Waals surface area contributed by atoms with Crippen LogP contribution in [0, 0.1) is 11.3 Å². The van der Waals surface area contributed by atoms with Crippen molar-refractivity contribution in [1.29, 1.82) is 5.26 Å². The fourth-order valence-electron chi connectivity index (χ4n) is 0.654. The Morgan fingerprint density at radius 2 is 2.21 bits per heavy atom. The molecule has 0 radical (unpaired) electrons. The molecule has 0 spiro atoms. The number of sulfonamides is 1. The predicted octanol–water partition coefficient (Wildman–Crippen LogP) is -0.617. The summed E-state index contributed by atoms with van der Waals surface area (Å²) >= 11 is 0. The van der Waals surface area contributed by atoms with E-state index in [1.807, 2.05) is 0 Å². The highest BCUT2D eigenvalue weighted by Gasteiger charge is 2.12. The summed E-state index contributed by atoms with van der Waals surface area (Å²) in [5.41, 5.74) is 0. The second-order valence-corrected chi connectivity index (χ2v) is 4.37. The lowest BCUT2D eigenvalue weighted by molar-refractivity contribution is -0.140. The SMILES string of the molecule is COC(=O)CCS(=O)(=O)NCCC#N. The van der Waals surface area contributed by atoms with Crippen LogP contribution in [0.15, 0.2) is 0 Å². The van der Waals surface area contributed by atoms with Crippen LogP contribution in [-0.2, 0) is 19.6 Å². The van der Waals surface area contributed by atoms with Gasteiger partial charge in [-0.05, 0) is 0 Å². The normalized spacial score (nSPS) is 10.6. The molecule has 14 heavy (non-hydrogen) atoms. The van der Waals surface area contributed by atoms with Gasteiger partial charge >= 0.3 is 5.97 Å². The summed E-state index contributed by atoms with van der Waals surface area (Å²) in [4.78, 5) is 10.6. The maximum absolute atomic E-state index is 11.1. The van der Waals surface area contributed by atoms with Crippen molar-refractivity contribution in [2.24, 2.45) is 0 Å². The molecule has 0 saturated heterocycles. The number of nitriles is 1. The Balaban J connectivity index is 3.85. The van der Waals surface area contributed by atoms with Gasteiger partial charge < -0.3 is 4.74 Å². The molecule has 0 aliphatic rings. The third-order valence-corrected chi connectivity index (χ3v) is 2.75. The van der Waals surface area contributed by atoms with E-state index in [0.717, 1.165) is 0 Å². The molecule has 0 atom stereocenters. The lowest BCUT2D eigenvalue weighted by Crippen LogP contribution is -2.28. The molecule has 0 amide bonds. The molecule has 7 heteroatoms. The molecule has 0 saturated carbocycles. The fraction of sp³-hybridized carbons (Fsp3) is 0.714. The third-order valence-electron chi connectivity index (χ3n) is 1.36. The van der Waals surface area contributed by atoms with E-state index in [0.29, 0.717) is 0 Å². The van der Waals surface area contributed by atoms with E-state index in [-0.39, 0.29) is 25.1 Å². The summed E-state index contributed by atoms with van der Waals surface area (Å²) in [6.45, 7) is 0.0695. The smallest absolute Gasteiger partial charge is 0.306 e. The van der Waals surface area contributed by atoms with Crippen LogP contribution in [0.4, 0.5) is 0 Å². The zero-order valence-electron chi connectivity index (χ0n) is 7.82. The van der Waals surface area contributed by atoms with Crippen molar-refractivity contribution in [1.82, 2.24) is 4.72 Å². The number of carbonyl (C=O) groups excluding carboxylic acids is 1. The van der Waals surface area contributed by atoms with Crippen LogP contribution in [0.1, 0.15) is 12.8 Å². The molecule has 0 heterocycles. The highest BCUT2D eigenvalue weighted by atomic mass is 32.2. The van der Waals surface area contributed by atoms with Crippen LogP contribution in [0.3, 0.4) is 0 Å². The minimum Gasteiger partial charge on any atom is -0.469 e. The van der Waals surface area contributed by atoms with Crippen molar-refractivity contribution in [2.75, 3.05) is 19.4 Å². The van der Waals surface area contributed by atoms with Crippen molar-refractivity contribution in [3.63, 3.8) is 0 Å². The lowest BCUT2D eigenvalue weighted by atomic mass is 10.5. The fourth-order valence-corrected chi connectivity index (χ4v) is 1.65. The summed E-state index contributed by atoms with van der Waals surface area (Å²) < 4.78 is 28.7. The summed E-state index contributed by atoms with van der Waals surface area (Å²) in [5.74, 6) is -0.888. The summed E-state index contributed by atoms with van der Waals surface area (Å²) in [6, 6.07) is 1.80. The van der Waals surface area contributed by atoms with Gasteiger partial charge in [0.15, 0.2) is 0 Å². The van der Waals surface area contributed by atoms with Gasteiger partial charge in [0, 0.05) is 13.0 Å². The molecular weight excluding hydrogens is 208 g/mol. The number of ether oxygens (including phenoxy) is 1. The van der Waals surface area contributed by atoms with Gasteiger partial charge in [0.05, 0.1) is 25.4 Å². The number of hydrogen-bond acceptors (Lipinski definition) is 5. The molecule has 0 bridgehead atoms. The average Bonchev–Trinajstić information content (AvgIpc) is 2.14. The molecule has 6 nitrogen and oxygen atoms in total. The van der Waals surface area contributed by atoms with E-state index in [4.69, 9.17) is 5.26 Å². The van der Waals surface area contributed by atoms with Gasteiger partial charge in [-0.1, -0.05) is 0 Å². The van der Waals surface area contributed by atoms with Crippen molar-refractivity contribution < 1.29 is 17.9 Å². The van der Waals surface area contributed by atoms with Gasteiger partial charge in [0.2, 0.25) is 10.0 Å². The molecule has 0 aromatic heterocycles. The van der Waals surface area contributed by atoms with E-state index < -0.39 is 16.0 Å². The summed E-state index contributed by atoms with van der Waals surface area (Å²) in [7, 11) is -2.27. The molecule has 0 aliphatic carbocycles. The first-order valence-electron chi connectivity index (χ1n) is 3.93. The first-order chi connectivity index (χ1) is 6.52. The molecule has 0 aromatic carbocycles. The second kappa shape index (κ2) is 6.34. The monoisotopic (exact) mass is 220 g/mol. The molecule has 0 aromatic rings. The number of methoxy groups -OCH3 is 1. The topological polar surface area (TPSA) is 96.3 Å². The van der Waals surface area contributed by atoms with Crippen LogP contribution >= 0.6 is 0 Å². The van der Waals surface area contributed by atoms with Gasteiger partial charge in [-0.3, -0.25) is 4.79 Å². The maximum Gasteiger partial charge on any atom is 0.306 e. The zero-order valence-corrected chi connectivity index (χ0v) is 8.63. The number of rotatable bonds is 6. The number of hydrogen-bond donors (Lipinski definition) is 1. The lowest BCUT2D eigenvalue weighted by Gasteiger charge is -2.03. The van der Waals surface area contributed by atoms with Gasteiger partial charge in [-0.2, -0.15) is 5.26 Å². The van der Waals surface area contributed by atoms with Gasteiger partial charge in [0.1, 0.15) is 0 Å². The largest absolute Gasteiger partial charge is 0.469 e. The van der Waals surface area contributed by atoms with Crippen LogP contribution in [0.5, 0.6) is 0 Å². The van der Waals surface area contributed by atoms with Crippen LogP contribution in [0.25, 0.3) is 0 Å². The Bertz CT molecular complexity index is 317. The van der Waals surface area contributed by atoms with E-state index in [9.17, 15) is 13.2 Å². The Labute approximate surface area is 82.9 Å². The minimum absolute atomic E-state index is 0.0695. The second-order valence-electron chi connectivity index (χ2n) is 2.45. The molecule has 0 rings (SSSR count). The van der Waals surface area contributed by atoms with E-state index in [1.54, 1.807) is 6.07 Å². The van der Waals surface area contributed by atoms with E-state index in [2.05, 4.69) is 9.46 Å². The Morgan fingerprint density at radius 1 is 1.57 bits per heavy atom. The summed E-state index contributed by atoms with van der Waals surface area (Å²) in [6.07, 6.45) is -0.0736. The summed E-state index contributed by atoms with van der Waals surface area (Å²) in [5, 5.41) is 8.16. The van der Waals surface area contributed by atoms with Crippen LogP contribution in [-0.4, -0.2) is 33.8 Å². The Morgan fingerprint density at radius 3 is 2.71 bits per heavy atom. The van der Waals surface area contributed by atoms with Crippen molar-refractivity contribution in [3.8, 4) is 6.07 Å². The third kappa shape index (κ3) is 6.39. The van der Waals surface area contributed by atoms with Crippen molar-refractivity contribution in [2.45, 2.75) is 12.8 Å². The number of carbonyl (C=O) groups is 1. The van der Waals surface area contributed by atoms with Crippen molar-refractivity contribution in [3.05, 3.63) is 0 Å². The first-order valence-corrected chi connectivity index (χ1v) is 5.58. The van der Waals surface area contributed by atoms with Crippen LogP contribution < -0.4 is 4.72 Å². The highest BCUT2D eigenvalue weighted by molar-refractivity contribution is 7.89. The minimum atomic E-state index is -3.46. The Kier molecular flexibility index (Phi) is 5.83. The standard InChI is InChI=1S/C7H12N2O4S/c1-13-7(10)3-6-14(11,12)9-5-2-4-8/h9H,2-3,5-6H2,1H3. The van der Waals surface area contributed by atoms with Crippen LogP contribution in [0.2, 0.25) is 0 Å². The van der Waals surface area contributed by atoms with E-state index in [1.165, 1.54) is 7.11 Å². The highest BCUT2D eigenvalue weighted by Crippen LogP contribution is 1.91. The van der Waals surface area contributed by atoms with Gasteiger partial charge in [0.25, 0.3) is 0 Å². The molecule has 80 valence electrons. The predicted molar refractivity (Wildman–Crippen MR) is 48.7 cm³/mol. The average molecular weight is 220 g/mol. The maximum atomic E-state index is 11.1. The number of nitrogens with zero attached hydrogens (tertiary/aromatic N) is 1. The molecule has 1 N–H and O–H groups in total. The first kappa shape index (κ1) is 12.9. The quantitative estimate of drug-likeness (QED) is 0.475.